The molecule has 0 radical (unpaired) electrons. The van der Waals surface area contributed by atoms with Gasteiger partial charge in [0.2, 0.25) is 5.91 Å². The second-order valence-electron chi connectivity index (χ2n) is 4.32. The van der Waals surface area contributed by atoms with Crippen molar-refractivity contribution >= 4 is 40.4 Å². The van der Waals surface area contributed by atoms with Crippen molar-refractivity contribution in [1.82, 2.24) is 4.98 Å². The lowest BCUT2D eigenvalue weighted by Gasteiger charge is -2.09. The lowest BCUT2D eigenvalue weighted by Crippen LogP contribution is -2.12. The SMILES string of the molecule is Cc1c(N)cccc1NC(=O)CCCSc1nccs1. The summed E-state index contributed by atoms with van der Waals surface area (Å²) >= 11 is 3.31. The molecule has 0 aliphatic heterocycles. The largest absolute Gasteiger partial charge is 0.398 e. The third kappa shape index (κ3) is 4.25. The zero-order chi connectivity index (χ0) is 14.4. The van der Waals surface area contributed by atoms with Crippen LogP contribution in [0.5, 0.6) is 0 Å². The number of aromatic nitrogens is 1. The predicted octanol–water partition coefficient (Wildman–Crippen LogP) is 3.54. The molecule has 0 aliphatic rings. The zero-order valence-corrected chi connectivity index (χ0v) is 12.9. The third-order valence-corrected chi connectivity index (χ3v) is 4.89. The molecule has 0 atom stereocenters. The highest BCUT2D eigenvalue weighted by Crippen LogP contribution is 2.22. The molecule has 6 heteroatoms. The van der Waals surface area contributed by atoms with E-state index in [1.54, 1.807) is 29.3 Å². The van der Waals surface area contributed by atoms with Gasteiger partial charge in [0, 0.05) is 35.1 Å². The van der Waals surface area contributed by atoms with Crippen molar-refractivity contribution in [1.29, 1.82) is 0 Å². The molecule has 0 fully saturated rings. The number of nitrogens with one attached hydrogen (secondary N) is 1. The van der Waals surface area contributed by atoms with Crippen LogP contribution in [0.3, 0.4) is 0 Å². The number of hydrogen-bond acceptors (Lipinski definition) is 5. The molecule has 1 aromatic heterocycles. The highest BCUT2D eigenvalue weighted by atomic mass is 32.2. The number of amides is 1. The van der Waals surface area contributed by atoms with Gasteiger partial charge in [-0.15, -0.1) is 11.3 Å². The Bertz CT molecular complexity index is 570. The number of carbonyl (C=O) groups is 1. The van der Waals surface area contributed by atoms with E-state index in [1.807, 2.05) is 30.5 Å². The fourth-order valence-electron chi connectivity index (χ4n) is 1.68. The van der Waals surface area contributed by atoms with Gasteiger partial charge in [0.25, 0.3) is 0 Å². The summed E-state index contributed by atoms with van der Waals surface area (Å²) < 4.78 is 1.05. The first-order valence-corrected chi connectivity index (χ1v) is 8.20. The molecule has 2 aromatic rings. The minimum atomic E-state index is 0.0263. The van der Waals surface area contributed by atoms with Gasteiger partial charge in [-0.1, -0.05) is 17.8 Å². The summed E-state index contributed by atoms with van der Waals surface area (Å²) in [5.41, 5.74) is 8.22. The molecule has 0 bridgehead atoms. The lowest BCUT2D eigenvalue weighted by atomic mass is 10.1. The fourth-order valence-corrected chi connectivity index (χ4v) is 3.32. The van der Waals surface area contributed by atoms with Crippen molar-refractivity contribution in [3.8, 4) is 0 Å². The number of thiazole rings is 1. The molecule has 1 amide bonds. The summed E-state index contributed by atoms with van der Waals surface area (Å²) in [6.07, 6.45) is 3.13. The molecule has 1 aromatic carbocycles. The number of nitrogens with zero attached hydrogens (tertiary/aromatic N) is 1. The number of nitrogens with two attached hydrogens (primary N) is 1. The summed E-state index contributed by atoms with van der Waals surface area (Å²) in [4.78, 5) is 16.1. The van der Waals surface area contributed by atoms with E-state index >= 15 is 0 Å². The quantitative estimate of drug-likeness (QED) is 0.486. The number of carbonyl (C=O) groups excluding carboxylic acids is 1. The first-order valence-electron chi connectivity index (χ1n) is 6.34. The molecule has 106 valence electrons. The van der Waals surface area contributed by atoms with E-state index in [-0.39, 0.29) is 5.91 Å². The molecule has 20 heavy (non-hydrogen) atoms. The first-order chi connectivity index (χ1) is 9.66. The van der Waals surface area contributed by atoms with Crippen LogP contribution in [0.25, 0.3) is 0 Å². The highest BCUT2D eigenvalue weighted by molar-refractivity contribution is 8.00. The van der Waals surface area contributed by atoms with E-state index in [0.717, 1.165) is 27.8 Å². The van der Waals surface area contributed by atoms with E-state index in [2.05, 4.69) is 10.3 Å². The van der Waals surface area contributed by atoms with Crippen molar-refractivity contribution in [3.05, 3.63) is 35.3 Å². The molecule has 0 saturated heterocycles. The normalized spacial score (nSPS) is 10.4. The monoisotopic (exact) mass is 307 g/mol. The molecular weight excluding hydrogens is 290 g/mol. The smallest absolute Gasteiger partial charge is 0.224 e. The Morgan fingerprint density at radius 2 is 2.35 bits per heavy atom. The topological polar surface area (TPSA) is 68.0 Å². The summed E-state index contributed by atoms with van der Waals surface area (Å²) in [7, 11) is 0. The van der Waals surface area contributed by atoms with Gasteiger partial charge in [0.15, 0.2) is 0 Å². The van der Waals surface area contributed by atoms with Crippen LogP contribution in [0.2, 0.25) is 0 Å². The van der Waals surface area contributed by atoms with E-state index in [4.69, 9.17) is 5.73 Å². The van der Waals surface area contributed by atoms with E-state index < -0.39 is 0 Å². The lowest BCUT2D eigenvalue weighted by molar-refractivity contribution is -0.116. The van der Waals surface area contributed by atoms with Gasteiger partial charge in [-0.25, -0.2) is 4.98 Å². The van der Waals surface area contributed by atoms with Crippen molar-refractivity contribution in [2.45, 2.75) is 24.1 Å². The molecular formula is C14H17N3OS2. The second kappa shape index (κ2) is 7.31. The first kappa shape index (κ1) is 14.9. The third-order valence-electron chi connectivity index (χ3n) is 2.83. The van der Waals surface area contributed by atoms with Crippen molar-refractivity contribution < 1.29 is 4.79 Å². The van der Waals surface area contributed by atoms with Crippen LogP contribution in [-0.4, -0.2) is 16.6 Å². The van der Waals surface area contributed by atoms with Crippen LogP contribution in [0.1, 0.15) is 18.4 Å². The average molecular weight is 307 g/mol. The number of hydrogen-bond donors (Lipinski definition) is 2. The molecule has 1 heterocycles. The van der Waals surface area contributed by atoms with Crippen LogP contribution in [0.15, 0.2) is 34.1 Å². The minimum Gasteiger partial charge on any atom is -0.398 e. The maximum absolute atomic E-state index is 11.9. The molecule has 0 unspecified atom stereocenters. The number of anilines is 2. The van der Waals surface area contributed by atoms with Gasteiger partial charge >= 0.3 is 0 Å². The Morgan fingerprint density at radius 3 is 3.10 bits per heavy atom. The van der Waals surface area contributed by atoms with Crippen LogP contribution in [0, 0.1) is 6.92 Å². The van der Waals surface area contributed by atoms with E-state index in [9.17, 15) is 4.79 Å². The van der Waals surface area contributed by atoms with Gasteiger partial charge in [-0.3, -0.25) is 4.79 Å². The molecule has 0 spiro atoms. The molecule has 4 nitrogen and oxygen atoms in total. The zero-order valence-electron chi connectivity index (χ0n) is 11.3. The summed E-state index contributed by atoms with van der Waals surface area (Å²) in [6.45, 7) is 1.91. The fraction of sp³-hybridized carbons (Fsp3) is 0.286. The summed E-state index contributed by atoms with van der Waals surface area (Å²) in [5, 5.41) is 4.86. The minimum absolute atomic E-state index is 0.0263. The Hall–Kier alpha value is -1.53. The Morgan fingerprint density at radius 1 is 1.50 bits per heavy atom. The molecule has 0 aliphatic carbocycles. The Balaban J connectivity index is 1.74. The van der Waals surface area contributed by atoms with Crippen LogP contribution < -0.4 is 11.1 Å². The van der Waals surface area contributed by atoms with E-state index in [1.165, 1.54) is 0 Å². The van der Waals surface area contributed by atoms with Gasteiger partial charge in [-0.05, 0) is 31.0 Å². The Kier molecular flexibility index (Phi) is 5.43. The maximum atomic E-state index is 11.9. The van der Waals surface area contributed by atoms with Crippen LogP contribution in [0.4, 0.5) is 11.4 Å². The van der Waals surface area contributed by atoms with Gasteiger partial charge in [0.05, 0.1) is 0 Å². The number of rotatable bonds is 6. The molecule has 0 saturated carbocycles. The Labute approximate surface area is 126 Å². The summed E-state index contributed by atoms with van der Waals surface area (Å²) in [5.74, 6) is 0.926. The second-order valence-corrected chi connectivity index (χ2v) is 6.55. The number of thioether (sulfide) groups is 1. The standard InChI is InChI=1S/C14H17N3OS2/c1-10-11(15)4-2-5-12(10)17-13(18)6-3-8-19-14-16-7-9-20-14/h2,4-5,7,9H,3,6,8,15H2,1H3,(H,17,18). The number of benzene rings is 1. The molecule has 2 rings (SSSR count). The predicted molar refractivity (Wildman–Crippen MR) is 86.3 cm³/mol. The van der Waals surface area contributed by atoms with Gasteiger partial charge in [-0.2, -0.15) is 0 Å². The van der Waals surface area contributed by atoms with Crippen molar-refractivity contribution in [3.63, 3.8) is 0 Å². The van der Waals surface area contributed by atoms with Crippen molar-refractivity contribution in [2.24, 2.45) is 0 Å². The maximum Gasteiger partial charge on any atom is 0.224 e. The average Bonchev–Trinajstić information content (AvgIpc) is 2.93. The van der Waals surface area contributed by atoms with Crippen LogP contribution >= 0.6 is 23.1 Å². The van der Waals surface area contributed by atoms with Crippen molar-refractivity contribution in [2.75, 3.05) is 16.8 Å². The summed E-state index contributed by atoms with van der Waals surface area (Å²) in [6, 6.07) is 5.54. The van der Waals surface area contributed by atoms with Gasteiger partial charge < -0.3 is 11.1 Å². The number of nitrogen functional groups attached to an aromatic ring is 1. The highest BCUT2D eigenvalue weighted by Gasteiger charge is 2.06. The van der Waals surface area contributed by atoms with Crippen LogP contribution in [-0.2, 0) is 4.79 Å². The van der Waals surface area contributed by atoms with Gasteiger partial charge in [0.1, 0.15) is 4.34 Å². The molecule has 3 N–H and O–H groups in total. The van der Waals surface area contributed by atoms with E-state index in [0.29, 0.717) is 12.1 Å².